The van der Waals surface area contributed by atoms with Gasteiger partial charge in [0.25, 0.3) is 5.91 Å². The largest absolute Gasteiger partial charge is 0.479 e. The second-order valence-electron chi connectivity index (χ2n) is 3.82. The number of amides is 2. The number of carbonyl (C=O) groups excluding carboxylic acids is 2. The quantitative estimate of drug-likeness (QED) is 0.541. The van der Waals surface area contributed by atoms with E-state index in [2.05, 4.69) is 10.6 Å². The molecule has 1 aromatic rings. The van der Waals surface area contributed by atoms with Crippen LogP contribution in [0.25, 0.3) is 0 Å². The third-order valence-electron chi connectivity index (χ3n) is 2.31. The van der Waals surface area contributed by atoms with Gasteiger partial charge in [-0.1, -0.05) is 12.1 Å². The molecule has 0 aromatic heterocycles. The number of carboxylic acid groups (broad SMARTS) is 1. The number of aliphatic carboxylic acids is 1. The zero-order chi connectivity index (χ0) is 15.1. The third kappa shape index (κ3) is 4.65. The second kappa shape index (κ2) is 7.19. The fourth-order valence-corrected chi connectivity index (χ4v) is 1.26. The van der Waals surface area contributed by atoms with Gasteiger partial charge in [-0.2, -0.15) is 0 Å². The average Bonchev–Trinajstić information content (AvgIpc) is 2.42. The standard InChI is InChI=1S/C12H13FN2O5/c13-8-4-2-1-3-7(8)11(18)15-6-10(17)14-5-9(16)12(19)20/h1-4,9,16H,5-6H2,(H,14,17)(H,15,18)(H,19,20)/t9-/m0/s1. The lowest BCUT2D eigenvalue weighted by Gasteiger charge is -2.09. The van der Waals surface area contributed by atoms with Crippen LogP contribution in [0.5, 0.6) is 0 Å². The zero-order valence-electron chi connectivity index (χ0n) is 10.3. The van der Waals surface area contributed by atoms with Crippen molar-refractivity contribution in [2.75, 3.05) is 13.1 Å². The number of carboxylic acids is 1. The SMILES string of the molecule is O=C(CNC(=O)c1ccccc1F)NC[C@H](O)C(=O)O. The molecule has 1 atom stereocenters. The molecule has 8 heteroatoms. The van der Waals surface area contributed by atoms with E-state index in [1.165, 1.54) is 18.2 Å². The molecule has 0 fully saturated rings. The van der Waals surface area contributed by atoms with Crippen LogP contribution in [-0.4, -0.2) is 47.2 Å². The molecule has 0 bridgehead atoms. The van der Waals surface area contributed by atoms with Crippen molar-refractivity contribution in [2.45, 2.75) is 6.10 Å². The maximum atomic E-state index is 13.2. The van der Waals surface area contributed by atoms with Crippen molar-refractivity contribution >= 4 is 17.8 Å². The number of aliphatic hydroxyl groups excluding tert-OH is 1. The lowest BCUT2D eigenvalue weighted by Crippen LogP contribution is -2.42. The van der Waals surface area contributed by atoms with Crippen LogP contribution in [0.4, 0.5) is 4.39 Å². The Bertz CT molecular complexity index is 520. The van der Waals surface area contributed by atoms with E-state index in [1.54, 1.807) is 0 Å². The predicted molar refractivity (Wildman–Crippen MR) is 65.4 cm³/mol. The van der Waals surface area contributed by atoms with Gasteiger partial charge in [0, 0.05) is 0 Å². The van der Waals surface area contributed by atoms with Crippen molar-refractivity contribution in [2.24, 2.45) is 0 Å². The molecule has 7 nitrogen and oxygen atoms in total. The predicted octanol–water partition coefficient (Wildman–Crippen LogP) is -0.883. The highest BCUT2D eigenvalue weighted by Crippen LogP contribution is 2.05. The summed E-state index contributed by atoms with van der Waals surface area (Å²) < 4.78 is 13.2. The molecule has 2 amide bonds. The molecule has 0 unspecified atom stereocenters. The Morgan fingerprint density at radius 2 is 1.85 bits per heavy atom. The average molecular weight is 284 g/mol. The number of halogens is 1. The van der Waals surface area contributed by atoms with Crippen LogP contribution in [0.3, 0.4) is 0 Å². The molecule has 0 aliphatic heterocycles. The maximum absolute atomic E-state index is 13.2. The minimum absolute atomic E-state index is 0.203. The van der Waals surface area contributed by atoms with Gasteiger partial charge in [0.05, 0.1) is 18.7 Å². The normalized spacial score (nSPS) is 11.5. The first kappa shape index (κ1) is 15.6. The van der Waals surface area contributed by atoms with E-state index < -0.39 is 42.8 Å². The Morgan fingerprint density at radius 1 is 1.20 bits per heavy atom. The van der Waals surface area contributed by atoms with E-state index in [0.29, 0.717) is 0 Å². The van der Waals surface area contributed by atoms with Gasteiger partial charge in [0.15, 0.2) is 6.10 Å². The molecule has 4 N–H and O–H groups in total. The van der Waals surface area contributed by atoms with Gasteiger partial charge in [0.2, 0.25) is 5.91 Å². The van der Waals surface area contributed by atoms with Crippen molar-refractivity contribution < 1.29 is 29.0 Å². The van der Waals surface area contributed by atoms with Crippen LogP contribution >= 0.6 is 0 Å². The van der Waals surface area contributed by atoms with Crippen molar-refractivity contribution in [1.82, 2.24) is 10.6 Å². The van der Waals surface area contributed by atoms with Gasteiger partial charge in [-0.15, -0.1) is 0 Å². The molecule has 0 aliphatic carbocycles. The highest BCUT2D eigenvalue weighted by Gasteiger charge is 2.15. The van der Waals surface area contributed by atoms with Crippen molar-refractivity contribution in [3.63, 3.8) is 0 Å². The number of hydrogen-bond acceptors (Lipinski definition) is 4. The first-order chi connectivity index (χ1) is 9.41. The Morgan fingerprint density at radius 3 is 2.45 bits per heavy atom. The summed E-state index contributed by atoms with van der Waals surface area (Å²) in [5, 5.41) is 21.6. The number of benzene rings is 1. The molecular formula is C12H13FN2O5. The first-order valence-corrected chi connectivity index (χ1v) is 5.62. The van der Waals surface area contributed by atoms with Crippen LogP contribution in [0.15, 0.2) is 24.3 Å². The highest BCUT2D eigenvalue weighted by molar-refractivity contribution is 5.96. The van der Waals surface area contributed by atoms with Gasteiger partial charge >= 0.3 is 5.97 Å². The minimum Gasteiger partial charge on any atom is -0.479 e. The maximum Gasteiger partial charge on any atom is 0.334 e. The fraction of sp³-hybridized carbons (Fsp3) is 0.250. The van der Waals surface area contributed by atoms with Crippen molar-refractivity contribution in [1.29, 1.82) is 0 Å². The lowest BCUT2D eigenvalue weighted by molar-refractivity contribution is -0.146. The summed E-state index contributed by atoms with van der Waals surface area (Å²) in [5.74, 6) is -3.65. The Labute approximate surface area is 113 Å². The topological polar surface area (TPSA) is 116 Å². The number of rotatable bonds is 6. The Hall–Kier alpha value is -2.48. The summed E-state index contributed by atoms with van der Waals surface area (Å²) in [6.07, 6.45) is -1.72. The van der Waals surface area contributed by atoms with E-state index in [-0.39, 0.29) is 5.56 Å². The fourth-order valence-electron chi connectivity index (χ4n) is 1.26. The molecular weight excluding hydrogens is 271 g/mol. The lowest BCUT2D eigenvalue weighted by atomic mass is 10.2. The van der Waals surface area contributed by atoms with E-state index in [4.69, 9.17) is 10.2 Å². The van der Waals surface area contributed by atoms with E-state index in [0.717, 1.165) is 6.07 Å². The summed E-state index contributed by atoms with van der Waals surface area (Å²) >= 11 is 0. The number of nitrogens with one attached hydrogen (secondary N) is 2. The van der Waals surface area contributed by atoms with Crippen LogP contribution in [0.2, 0.25) is 0 Å². The van der Waals surface area contributed by atoms with Crippen LogP contribution < -0.4 is 10.6 Å². The van der Waals surface area contributed by atoms with Crippen LogP contribution in [-0.2, 0) is 9.59 Å². The summed E-state index contributed by atoms with van der Waals surface area (Å²) in [6.45, 7) is -0.941. The number of hydrogen-bond donors (Lipinski definition) is 4. The Kier molecular flexibility index (Phi) is 5.60. The summed E-state index contributed by atoms with van der Waals surface area (Å²) in [6, 6.07) is 5.27. The zero-order valence-corrected chi connectivity index (χ0v) is 10.3. The first-order valence-electron chi connectivity index (χ1n) is 5.62. The molecule has 0 aliphatic rings. The summed E-state index contributed by atoms with van der Waals surface area (Å²) in [4.78, 5) is 33.1. The van der Waals surface area contributed by atoms with Gasteiger partial charge in [-0.05, 0) is 12.1 Å². The molecule has 0 radical (unpaired) electrons. The molecule has 0 spiro atoms. The van der Waals surface area contributed by atoms with Crippen LogP contribution in [0.1, 0.15) is 10.4 Å². The van der Waals surface area contributed by atoms with Crippen molar-refractivity contribution in [3.8, 4) is 0 Å². The number of carbonyl (C=O) groups is 3. The van der Waals surface area contributed by atoms with Gasteiger partial charge in [-0.3, -0.25) is 9.59 Å². The molecule has 1 aromatic carbocycles. The third-order valence-corrected chi connectivity index (χ3v) is 2.31. The Balaban J connectivity index is 2.40. The molecule has 20 heavy (non-hydrogen) atoms. The highest BCUT2D eigenvalue weighted by atomic mass is 19.1. The van der Waals surface area contributed by atoms with Crippen molar-refractivity contribution in [3.05, 3.63) is 35.6 Å². The summed E-state index contributed by atoms with van der Waals surface area (Å²) in [5.41, 5.74) is -0.203. The summed E-state index contributed by atoms with van der Waals surface area (Å²) in [7, 11) is 0. The van der Waals surface area contributed by atoms with E-state index >= 15 is 0 Å². The minimum atomic E-state index is -1.72. The van der Waals surface area contributed by atoms with E-state index in [1.807, 2.05) is 0 Å². The monoisotopic (exact) mass is 284 g/mol. The molecule has 0 saturated heterocycles. The molecule has 1 rings (SSSR count). The van der Waals surface area contributed by atoms with Gasteiger partial charge in [0.1, 0.15) is 5.82 Å². The molecule has 0 heterocycles. The smallest absolute Gasteiger partial charge is 0.334 e. The second-order valence-corrected chi connectivity index (χ2v) is 3.82. The van der Waals surface area contributed by atoms with Crippen LogP contribution in [0, 0.1) is 5.82 Å². The van der Waals surface area contributed by atoms with Gasteiger partial charge in [-0.25, -0.2) is 9.18 Å². The molecule has 0 saturated carbocycles. The van der Waals surface area contributed by atoms with Gasteiger partial charge < -0.3 is 20.8 Å². The van der Waals surface area contributed by atoms with E-state index in [9.17, 15) is 18.8 Å². The molecule has 108 valence electrons. The number of aliphatic hydroxyl groups is 1.